The largest absolute Gasteiger partial charge is 0.471 e. The van der Waals surface area contributed by atoms with Crippen LogP contribution in [0.2, 0.25) is 15.1 Å². The third-order valence-electron chi connectivity index (χ3n) is 4.98. The van der Waals surface area contributed by atoms with Gasteiger partial charge in [0.2, 0.25) is 11.5 Å². The Morgan fingerprint density at radius 3 is 2.28 bits per heavy atom. The predicted octanol–water partition coefficient (Wildman–Crippen LogP) is 7.80. The summed E-state index contributed by atoms with van der Waals surface area (Å²) in [5, 5.41) is 2.72. The zero-order valence-corrected chi connectivity index (χ0v) is 20.4. The number of carbonyl (C=O) groups excluding carboxylic acids is 2. The molecule has 0 spiro atoms. The van der Waals surface area contributed by atoms with E-state index in [0.29, 0.717) is 26.7 Å². The van der Waals surface area contributed by atoms with Crippen LogP contribution >= 0.6 is 34.8 Å². The average Bonchev–Trinajstić information content (AvgIpc) is 3.16. The number of hydrogen-bond donors (Lipinski definition) is 1. The molecule has 2 heterocycles. The molecular weight excluding hydrogens is 544 g/mol. The number of fused-ring (bicyclic) bond motifs is 1. The van der Waals surface area contributed by atoms with Crippen molar-refractivity contribution < 1.29 is 31.9 Å². The van der Waals surface area contributed by atoms with Crippen LogP contribution in [0.5, 0.6) is 0 Å². The molecule has 0 unspecified atom stereocenters. The minimum absolute atomic E-state index is 0.0607. The molecule has 1 N–H and O–H groups in total. The molecule has 4 aromatic rings. The number of hydrogen-bond acceptors (Lipinski definition) is 5. The van der Waals surface area contributed by atoms with Gasteiger partial charge < -0.3 is 14.5 Å². The van der Waals surface area contributed by atoms with Crippen LogP contribution in [-0.2, 0) is 9.53 Å². The van der Waals surface area contributed by atoms with Gasteiger partial charge in [0.25, 0.3) is 0 Å². The zero-order valence-electron chi connectivity index (χ0n) is 18.2. The molecule has 0 aliphatic heterocycles. The van der Waals surface area contributed by atoms with E-state index in [2.05, 4.69) is 4.98 Å². The van der Waals surface area contributed by atoms with E-state index in [1.807, 2.05) is 0 Å². The first kappa shape index (κ1) is 25.8. The molecule has 0 atom stereocenters. The van der Waals surface area contributed by atoms with E-state index in [1.165, 1.54) is 19.1 Å². The standard InChI is InChI=1S/C24H14Cl3F3N2O4/c1-2-35-22(33)20-19(32-23(34)24(28,29)30)16-10-15(11-3-5-12(25)6-4-11)18(31-21(16)36-20)14-8-7-13(26)9-17(14)27/h3-10H,2H2,1H3,(H,32,34). The maximum absolute atomic E-state index is 13.1. The maximum atomic E-state index is 13.1. The van der Waals surface area contributed by atoms with Crippen molar-refractivity contribution in [3.63, 3.8) is 0 Å². The third kappa shape index (κ3) is 5.13. The van der Waals surface area contributed by atoms with Crippen molar-refractivity contribution >= 4 is 63.5 Å². The summed E-state index contributed by atoms with van der Waals surface area (Å²) in [6.45, 7) is 1.42. The van der Waals surface area contributed by atoms with Gasteiger partial charge in [0.05, 0.1) is 22.7 Å². The summed E-state index contributed by atoms with van der Waals surface area (Å²) in [5.74, 6) is -4.01. The molecule has 4 rings (SSSR count). The van der Waals surface area contributed by atoms with Gasteiger partial charge in [0, 0.05) is 21.2 Å². The Kier molecular flexibility index (Phi) is 7.17. The van der Waals surface area contributed by atoms with Crippen molar-refractivity contribution in [3.8, 4) is 22.4 Å². The Hall–Kier alpha value is -3.27. The molecule has 6 nitrogen and oxygen atoms in total. The summed E-state index contributed by atoms with van der Waals surface area (Å²) in [5.41, 5.74) is 0.938. The van der Waals surface area contributed by atoms with Crippen molar-refractivity contribution in [2.75, 3.05) is 11.9 Å². The number of pyridine rings is 1. The number of esters is 1. The van der Waals surface area contributed by atoms with E-state index in [1.54, 1.807) is 41.7 Å². The number of ether oxygens (including phenoxy) is 1. The molecule has 2 aromatic heterocycles. The van der Waals surface area contributed by atoms with Crippen molar-refractivity contribution in [3.05, 3.63) is 69.4 Å². The molecule has 0 saturated heterocycles. The second kappa shape index (κ2) is 10.0. The smallest absolute Gasteiger partial charge is 0.460 e. The number of furan rings is 1. The fourth-order valence-electron chi connectivity index (χ4n) is 3.41. The van der Waals surface area contributed by atoms with Crippen LogP contribution in [0, 0.1) is 0 Å². The van der Waals surface area contributed by atoms with Gasteiger partial charge in [-0.15, -0.1) is 0 Å². The van der Waals surface area contributed by atoms with Gasteiger partial charge in [0.1, 0.15) is 5.69 Å². The van der Waals surface area contributed by atoms with Crippen LogP contribution in [0.3, 0.4) is 0 Å². The average molecular weight is 558 g/mol. The lowest BCUT2D eigenvalue weighted by Gasteiger charge is -2.12. The molecule has 0 bridgehead atoms. The van der Waals surface area contributed by atoms with Gasteiger partial charge in [0.15, 0.2) is 0 Å². The number of rotatable bonds is 5. The van der Waals surface area contributed by atoms with E-state index in [9.17, 15) is 22.8 Å². The lowest BCUT2D eigenvalue weighted by atomic mass is 9.98. The summed E-state index contributed by atoms with van der Waals surface area (Å²) in [7, 11) is 0. The van der Waals surface area contributed by atoms with E-state index in [0.717, 1.165) is 0 Å². The van der Waals surface area contributed by atoms with Gasteiger partial charge in [-0.05, 0) is 48.9 Å². The number of amides is 1. The van der Waals surface area contributed by atoms with Crippen molar-refractivity contribution in [2.24, 2.45) is 0 Å². The SMILES string of the molecule is CCOC(=O)c1oc2nc(-c3ccc(Cl)cc3Cl)c(-c3ccc(Cl)cc3)cc2c1NC(=O)C(F)(F)F. The topological polar surface area (TPSA) is 81.4 Å². The quantitative estimate of drug-likeness (QED) is 0.253. The number of nitrogens with one attached hydrogen (secondary N) is 1. The van der Waals surface area contributed by atoms with Gasteiger partial charge in [-0.3, -0.25) is 4.79 Å². The highest BCUT2D eigenvalue weighted by molar-refractivity contribution is 6.36. The van der Waals surface area contributed by atoms with Crippen LogP contribution in [0.1, 0.15) is 17.5 Å². The van der Waals surface area contributed by atoms with Crippen LogP contribution in [0.4, 0.5) is 18.9 Å². The number of carbonyl (C=O) groups is 2. The first-order valence-corrected chi connectivity index (χ1v) is 11.4. The van der Waals surface area contributed by atoms with Crippen LogP contribution in [0.15, 0.2) is 52.9 Å². The van der Waals surface area contributed by atoms with E-state index >= 15 is 0 Å². The summed E-state index contributed by atoms with van der Waals surface area (Å²) < 4.78 is 49.6. The first-order valence-electron chi connectivity index (χ1n) is 10.2. The summed E-state index contributed by atoms with van der Waals surface area (Å²) >= 11 is 18.5. The molecule has 0 saturated carbocycles. The van der Waals surface area contributed by atoms with Crippen LogP contribution < -0.4 is 5.32 Å². The number of nitrogens with zero attached hydrogens (tertiary/aromatic N) is 1. The van der Waals surface area contributed by atoms with E-state index < -0.39 is 29.5 Å². The fourth-order valence-corrected chi connectivity index (χ4v) is 4.03. The highest BCUT2D eigenvalue weighted by atomic mass is 35.5. The Morgan fingerprint density at radius 2 is 1.67 bits per heavy atom. The van der Waals surface area contributed by atoms with Crippen molar-refractivity contribution in [1.82, 2.24) is 4.98 Å². The maximum Gasteiger partial charge on any atom is 0.471 e. The Morgan fingerprint density at radius 1 is 1.00 bits per heavy atom. The summed E-state index contributed by atoms with van der Waals surface area (Å²) in [6.07, 6.45) is -5.22. The highest BCUT2D eigenvalue weighted by Gasteiger charge is 2.40. The van der Waals surface area contributed by atoms with Crippen molar-refractivity contribution in [1.29, 1.82) is 0 Å². The lowest BCUT2D eigenvalue weighted by molar-refractivity contribution is -0.167. The number of halogens is 6. The molecular formula is C24H14Cl3F3N2O4. The molecule has 2 aromatic carbocycles. The van der Waals surface area contributed by atoms with Crippen LogP contribution in [0.25, 0.3) is 33.5 Å². The first-order chi connectivity index (χ1) is 17.0. The summed E-state index contributed by atoms with van der Waals surface area (Å²) in [4.78, 5) is 28.7. The van der Waals surface area contributed by atoms with E-state index in [-0.39, 0.29) is 28.4 Å². The monoisotopic (exact) mass is 556 g/mol. The molecule has 0 fully saturated rings. The molecule has 12 heteroatoms. The minimum Gasteiger partial charge on any atom is -0.460 e. The number of benzene rings is 2. The Labute approximate surface area is 216 Å². The molecule has 0 radical (unpaired) electrons. The molecule has 0 aliphatic rings. The van der Waals surface area contributed by atoms with Gasteiger partial charge in [-0.2, -0.15) is 13.2 Å². The van der Waals surface area contributed by atoms with Gasteiger partial charge >= 0.3 is 18.1 Å². The molecule has 1 amide bonds. The second-order valence-corrected chi connectivity index (χ2v) is 8.63. The molecule has 186 valence electrons. The Bertz CT molecular complexity index is 1480. The minimum atomic E-state index is -5.22. The number of aromatic nitrogens is 1. The lowest BCUT2D eigenvalue weighted by Crippen LogP contribution is -2.30. The molecule has 0 aliphatic carbocycles. The normalized spacial score (nSPS) is 11.5. The highest BCUT2D eigenvalue weighted by Crippen LogP contribution is 2.41. The van der Waals surface area contributed by atoms with Gasteiger partial charge in [-0.25, -0.2) is 9.78 Å². The summed E-state index contributed by atoms with van der Waals surface area (Å²) in [6, 6.07) is 12.7. The zero-order chi connectivity index (χ0) is 26.2. The van der Waals surface area contributed by atoms with Crippen LogP contribution in [-0.4, -0.2) is 29.6 Å². The van der Waals surface area contributed by atoms with Gasteiger partial charge in [-0.1, -0.05) is 46.9 Å². The van der Waals surface area contributed by atoms with Crippen molar-refractivity contribution in [2.45, 2.75) is 13.1 Å². The molecule has 36 heavy (non-hydrogen) atoms. The predicted molar refractivity (Wildman–Crippen MR) is 131 cm³/mol. The number of alkyl halides is 3. The fraction of sp³-hybridized carbons (Fsp3) is 0.125. The Balaban J connectivity index is 2.03. The third-order valence-corrected chi connectivity index (χ3v) is 5.78. The number of anilines is 1. The van der Waals surface area contributed by atoms with E-state index in [4.69, 9.17) is 44.0 Å². The second-order valence-electron chi connectivity index (χ2n) is 7.35.